The van der Waals surface area contributed by atoms with Crippen molar-refractivity contribution in [3.63, 3.8) is 0 Å². The van der Waals surface area contributed by atoms with Gasteiger partial charge in [-0.1, -0.05) is 62.2 Å². The standard InChI is InChI=1S/C23H22Cl2F2N2O2/c1-22(2,3)10-17-23(11-28,14-8-7-12(24)9-16(14)26)18(20(29-17)21(30)31)13-5-4-6-15(25)19(13)27/h4-9,17-18,20,29H,10H2,1-3H3,(H,30,31)/t17-,18-,20?,23-/m1/s1. The maximum atomic E-state index is 15.2. The van der Waals surface area contributed by atoms with Gasteiger partial charge in [0.05, 0.1) is 11.1 Å². The Morgan fingerprint density at radius 2 is 1.94 bits per heavy atom. The van der Waals surface area contributed by atoms with Crippen molar-refractivity contribution in [1.29, 1.82) is 5.26 Å². The Bertz CT molecular complexity index is 1060. The molecule has 0 amide bonds. The first kappa shape index (κ1) is 23.5. The van der Waals surface area contributed by atoms with Crippen LogP contribution >= 0.6 is 23.2 Å². The fourth-order valence-electron chi connectivity index (χ4n) is 4.54. The van der Waals surface area contributed by atoms with Crippen LogP contribution in [0.3, 0.4) is 0 Å². The van der Waals surface area contributed by atoms with Crippen LogP contribution in [-0.2, 0) is 10.2 Å². The predicted octanol–water partition coefficient (Wildman–Crippen LogP) is 5.68. The van der Waals surface area contributed by atoms with E-state index < -0.39 is 41.0 Å². The van der Waals surface area contributed by atoms with Crippen molar-refractivity contribution < 1.29 is 18.7 Å². The zero-order chi connectivity index (χ0) is 23.1. The summed E-state index contributed by atoms with van der Waals surface area (Å²) < 4.78 is 30.3. The number of hydrogen-bond acceptors (Lipinski definition) is 3. The molecule has 0 radical (unpaired) electrons. The molecule has 164 valence electrons. The lowest BCUT2D eigenvalue weighted by Gasteiger charge is -2.37. The van der Waals surface area contributed by atoms with Crippen molar-refractivity contribution in [3.8, 4) is 6.07 Å². The zero-order valence-electron chi connectivity index (χ0n) is 17.2. The summed E-state index contributed by atoms with van der Waals surface area (Å²) in [6.45, 7) is 5.79. The van der Waals surface area contributed by atoms with Gasteiger partial charge in [0.25, 0.3) is 0 Å². The third-order valence-corrected chi connectivity index (χ3v) is 6.24. The highest BCUT2D eigenvalue weighted by Crippen LogP contribution is 2.52. The highest BCUT2D eigenvalue weighted by molar-refractivity contribution is 6.31. The topological polar surface area (TPSA) is 73.1 Å². The largest absolute Gasteiger partial charge is 0.480 e. The van der Waals surface area contributed by atoms with E-state index in [1.807, 2.05) is 20.8 Å². The van der Waals surface area contributed by atoms with Crippen LogP contribution in [0.2, 0.25) is 10.0 Å². The van der Waals surface area contributed by atoms with E-state index in [9.17, 15) is 15.2 Å². The minimum atomic E-state index is -1.73. The number of carbonyl (C=O) groups is 1. The number of nitrogens with one attached hydrogen (secondary N) is 1. The summed E-state index contributed by atoms with van der Waals surface area (Å²) in [5, 5.41) is 23.4. The molecule has 2 N–H and O–H groups in total. The second kappa shape index (κ2) is 8.38. The number of carboxylic acid groups (broad SMARTS) is 1. The molecule has 3 rings (SSSR count). The fourth-order valence-corrected chi connectivity index (χ4v) is 4.88. The van der Waals surface area contributed by atoms with Crippen LogP contribution in [-0.4, -0.2) is 23.2 Å². The van der Waals surface area contributed by atoms with E-state index in [0.29, 0.717) is 6.42 Å². The van der Waals surface area contributed by atoms with Gasteiger partial charge in [-0.05, 0) is 35.6 Å². The zero-order valence-corrected chi connectivity index (χ0v) is 18.7. The Kier molecular flexibility index (Phi) is 6.35. The van der Waals surface area contributed by atoms with Crippen molar-refractivity contribution in [2.45, 2.75) is 50.6 Å². The third-order valence-electron chi connectivity index (χ3n) is 5.72. The predicted molar refractivity (Wildman–Crippen MR) is 115 cm³/mol. The van der Waals surface area contributed by atoms with Gasteiger partial charge in [0, 0.05) is 22.5 Å². The van der Waals surface area contributed by atoms with Crippen LogP contribution in [0.1, 0.15) is 44.2 Å². The SMILES string of the molecule is CC(C)(C)C[C@H]1NC(C(=O)O)[C@@H](c2cccc(Cl)c2F)[C@]1(C#N)c1ccc(Cl)cc1F. The van der Waals surface area contributed by atoms with Crippen LogP contribution in [0.5, 0.6) is 0 Å². The number of nitrogens with zero attached hydrogens (tertiary/aromatic N) is 1. The molecule has 2 aromatic rings. The molecule has 4 atom stereocenters. The second-order valence-electron chi connectivity index (χ2n) is 9.03. The summed E-state index contributed by atoms with van der Waals surface area (Å²) in [7, 11) is 0. The quantitative estimate of drug-likeness (QED) is 0.607. The second-order valence-corrected chi connectivity index (χ2v) is 9.87. The molecule has 1 fully saturated rings. The average Bonchev–Trinajstić information content (AvgIpc) is 2.97. The van der Waals surface area contributed by atoms with Gasteiger partial charge >= 0.3 is 5.97 Å². The van der Waals surface area contributed by atoms with Crippen LogP contribution < -0.4 is 5.32 Å². The molecule has 1 aliphatic heterocycles. The maximum Gasteiger partial charge on any atom is 0.321 e. The molecular formula is C23H22Cl2F2N2O2. The van der Waals surface area contributed by atoms with Gasteiger partial charge in [0.1, 0.15) is 23.1 Å². The minimum Gasteiger partial charge on any atom is -0.480 e. The Hall–Kier alpha value is -2.20. The first-order valence-electron chi connectivity index (χ1n) is 9.72. The van der Waals surface area contributed by atoms with E-state index >= 15 is 8.78 Å². The lowest BCUT2D eigenvalue weighted by Crippen LogP contribution is -2.44. The van der Waals surface area contributed by atoms with Gasteiger partial charge < -0.3 is 5.11 Å². The van der Waals surface area contributed by atoms with Gasteiger partial charge in [-0.3, -0.25) is 10.1 Å². The van der Waals surface area contributed by atoms with Crippen molar-refractivity contribution in [3.05, 3.63) is 69.2 Å². The first-order valence-corrected chi connectivity index (χ1v) is 10.5. The highest BCUT2D eigenvalue weighted by atomic mass is 35.5. The molecular weight excluding hydrogens is 445 g/mol. The number of rotatable bonds is 4. The molecule has 4 nitrogen and oxygen atoms in total. The molecule has 0 aliphatic carbocycles. The highest BCUT2D eigenvalue weighted by Gasteiger charge is 2.61. The molecule has 1 saturated heterocycles. The summed E-state index contributed by atoms with van der Waals surface area (Å²) in [6, 6.07) is 8.16. The Morgan fingerprint density at radius 1 is 1.26 bits per heavy atom. The van der Waals surface area contributed by atoms with Gasteiger partial charge in [-0.15, -0.1) is 0 Å². The van der Waals surface area contributed by atoms with E-state index in [2.05, 4.69) is 11.4 Å². The number of hydrogen-bond donors (Lipinski definition) is 2. The summed E-state index contributed by atoms with van der Waals surface area (Å²) in [4.78, 5) is 12.2. The number of aliphatic carboxylic acids is 1. The number of carboxylic acids is 1. The molecule has 0 aromatic heterocycles. The van der Waals surface area contributed by atoms with Gasteiger partial charge in [-0.2, -0.15) is 5.26 Å². The molecule has 1 unspecified atom stereocenters. The van der Waals surface area contributed by atoms with Crippen molar-refractivity contribution >= 4 is 29.2 Å². The molecule has 0 spiro atoms. The lowest BCUT2D eigenvalue weighted by molar-refractivity contribution is -0.139. The average molecular weight is 467 g/mol. The summed E-state index contributed by atoms with van der Waals surface area (Å²) in [5.74, 6) is -4.09. The molecule has 2 aromatic carbocycles. The molecule has 1 heterocycles. The smallest absolute Gasteiger partial charge is 0.321 e. The lowest BCUT2D eigenvalue weighted by atomic mass is 9.62. The maximum absolute atomic E-state index is 15.2. The Balaban J connectivity index is 2.38. The van der Waals surface area contributed by atoms with E-state index in [-0.39, 0.29) is 26.6 Å². The van der Waals surface area contributed by atoms with E-state index in [1.54, 1.807) is 0 Å². The van der Waals surface area contributed by atoms with E-state index in [1.165, 1.54) is 30.3 Å². The first-order chi connectivity index (χ1) is 14.4. The minimum absolute atomic E-state index is 0.0331. The van der Waals surface area contributed by atoms with Crippen molar-refractivity contribution in [2.24, 2.45) is 5.41 Å². The van der Waals surface area contributed by atoms with Gasteiger partial charge in [0.2, 0.25) is 0 Å². The van der Waals surface area contributed by atoms with Crippen LogP contribution in [0.4, 0.5) is 8.78 Å². The molecule has 0 saturated carbocycles. The number of nitriles is 1. The monoisotopic (exact) mass is 466 g/mol. The fraction of sp³-hybridized carbons (Fsp3) is 0.391. The number of benzene rings is 2. The molecule has 31 heavy (non-hydrogen) atoms. The molecule has 0 bridgehead atoms. The summed E-state index contributed by atoms with van der Waals surface area (Å²) >= 11 is 11.9. The van der Waals surface area contributed by atoms with Gasteiger partial charge in [-0.25, -0.2) is 8.78 Å². The van der Waals surface area contributed by atoms with Crippen LogP contribution in [0.15, 0.2) is 36.4 Å². The van der Waals surface area contributed by atoms with Crippen molar-refractivity contribution in [1.82, 2.24) is 5.32 Å². The third kappa shape index (κ3) is 4.15. The summed E-state index contributed by atoms with van der Waals surface area (Å²) in [5.41, 5.74) is -2.15. The van der Waals surface area contributed by atoms with Gasteiger partial charge in [0.15, 0.2) is 0 Å². The normalized spacial score (nSPS) is 25.9. The molecule has 1 aliphatic rings. The Labute approximate surface area is 189 Å². The van der Waals surface area contributed by atoms with E-state index in [0.717, 1.165) is 6.07 Å². The van der Waals surface area contributed by atoms with Crippen LogP contribution in [0, 0.1) is 28.4 Å². The van der Waals surface area contributed by atoms with Crippen molar-refractivity contribution in [2.75, 3.05) is 0 Å². The summed E-state index contributed by atoms with van der Waals surface area (Å²) in [6.07, 6.45) is 0.338. The van der Waals surface area contributed by atoms with E-state index in [4.69, 9.17) is 23.2 Å². The Morgan fingerprint density at radius 3 is 2.48 bits per heavy atom. The molecule has 8 heteroatoms. The van der Waals surface area contributed by atoms with Crippen LogP contribution in [0.25, 0.3) is 0 Å². The number of halogens is 4.